The van der Waals surface area contributed by atoms with Crippen LogP contribution in [0.3, 0.4) is 0 Å². The highest BCUT2D eigenvalue weighted by molar-refractivity contribution is 5.70. The van der Waals surface area contributed by atoms with Crippen LogP contribution in [0, 0.1) is 4.91 Å². The first-order chi connectivity index (χ1) is 4.99. The minimum absolute atomic E-state index is 0.299. The Labute approximate surface area is 64.3 Å². The maximum absolute atomic E-state index is 10.8. The smallest absolute Gasteiger partial charge is 0.434 e. The van der Waals surface area contributed by atoms with Gasteiger partial charge in [0.2, 0.25) is 0 Å². The van der Waals surface area contributed by atoms with E-state index < -0.39 is 11.7 Å². The third-order valence-corrected chi connectivity index (χ3v) is 2.00. The van der Waals surface area contributed by atoms with E-state index in [9.17, 15) is 9.70 Å². The van der Waals surface area contributed by atoms with Gasteiger partial charge in [0.1, 0.15) is 5.60 Å². The van der Waals surface area contributed by atoms with Crippen LogP contribution in [0.25, 0.3) is 0 Å². The van der Waals surface area contributed by atoms with Gasteiger partial charge in [-0.2, -0.15) is 5.01 Å². The van der Waals surface area contributed by atoms with Crippen LogP contribution in [0.15, 0.2) is 5.29 Å². The minimum Gasteiger partial charge on any atom is -0.440 e. The van der Waals surface area contributed by atoms with Crippen LogP contribution in [-0.4, -0.2) is 22.7 Å². The first kappa shape index (κ1) is 7.97. The van der Waals surface area contributed by atoms with Crippen molar-refractivity contribution in [3.63, 3.8) is 0 Å². The fourth-order valence-corrected chi connectivity index (χ4v) is 0.914. The Morgan fingerprint density at radius 2 is 2.18 bits per heavy atom. The molecule has 1 fully saturated rings. The highest BCUT2D eigenvalue weighted by atomic mass is 16.6. The van der Waals surface area contributed by atoms with Crippen LogP contribution in [0.5, 0.6) is 0 Å². The van der Waals surface area contributed by atoms with E-state index >= 15 is 0 Å². The standard InChI is InChI=1S/C6H10N2O3/c1-4-6(2,3)11-5(9)8(4)7-10/h4H,1-3H3. The zero-order chi connectivity index (χ0) is 8.65. The maximum atomic E-state index is 10.8. The summed E-state index contributed by atoms with van der Waals surface area (Å²) in [6.45, 7) is 5.19. The second-order valence-electron chi connectivity index (χ2n) is 3.07. The number of cyclic esters (lactones) is 1. The minimum atomic E-state index is -0.669. The summed E-state index contributed by atoms with van der Waals surface area (Å²) in [6, 6.07) is -0.299. The summed E-state index contributed by atoms with van der Waals surface area (Å²) in [6.07, 6.45) is -0.669. The van der Waals surface area contributed by atoms with E-state index in [2.05, 4.69) is 5.29 Å². The summed E-state index contributed by atoms with van der Waals surface area (Å²) in [4.78, 5) is 20.9. The molecule has 11 heavy (non-hydrogen) atoms. The van der Waals surface area contributed by atoms with Gasteiger partial charge in [-0.3, -0.25) is 0 Å². The van der Waals surface area contributed by atoms with Crippen molar-refractivity contribution in [1.29, 1.82) is 0 Å². The Morgan fingerprint density at radius 3 is 2.36 bits per heavy atom. The lowest BCUT2D eigenvalue weighted by Crippen LogP contribution is -2.35. The molecule has 5 nitrogen and oxygen atoms in total. The van der Waals surface area contributed by atoms with E-state index in [0.29, 0.717) is 0 Å². The Balaban J connectivity index is 2.87. The van der Waals surface area contributed by atoms with Crippen molar-refractivity contribution >= 4 is 6.09 Å². The number of amides is 1. The zero-order valence-electron chi connectivity index (χ0n) is 6.70. The van der Waals surface area contributed by atoms with Gasteiger partial charge in [-0.25, -0.2) is 4.79 Å². The third-order valence-electron chi connectivity index (χ3n) is 2.00. The highest BCUT2D eigenvalue weighted by Gasteiger charge is 2.46. The summed E-state index contributed by atoms with van der Waals surface area (Å²) >= 11 is 0. The molecule has 1 rings (SSSR count). The number of rotatable bonds is 1. The van der Waals surface area contributed by atoms with E-state index in [4.69, 9.17) is 4.74 Å². The predicted molar refractivity (Wildman–Crippen MR) is 37.7 cm³/mol. The molecule has 0 saturated carbocycles. The van der Waals surface area contributed by atoms with Gasteiger partial charge in [0.25, 0.3) is 0 Å². The molecule has 1 aliphatic rings. The van der Waals surface area contributed by atoms with Gasteiger partial charge in [0.15, 0.2) is 0 Å². The number of hydrogen-bond donors (Lipinski definition) is 0. The molecule has 1 heterocycles. The quantitative estimate of drug-likeness (QED) is 0.540. The van der Waals surface area contributed by atoms with Crippen molar-refractivity contribution in [3.05, 3.63) is 4.91 Å². The van der Waals surface area contributed by atoms with Crippen LogP contribution in [0.2, 0.25) is 0 Å². The van der Waals surface area contributed by atoms with Gasteiger partial charge < -0.3 is 4.74 Å². The van der Waals surface area contributed by atoms with Crippen molar-refractivity contribution in [3.8, 4) is 0 Å². The summed E-state index contributed by atoms with van der Waals surface area (Å²) in [5.41, 5.74) is -0.620. The number of carbonyl (C=O) groups excluding carboxylic acids is 1. The first-order valence-electron chi connectivity index (χ1n) is 3.34. The summed E-state index contributed by atoms with van der Waals surface area (Å²) in [7, 11) is 0. The summed E-state index contributed by atoms with van der Waals surface area (Å²) in [5.74, 6) is 0. The van der Waals surface area contributed by atoms with E-state index in [0.717, 1.165) is 5.01 Å². The normalized spacial score (nSPS) is 28.5. The summed E-state index contributed by atoms with van der Waals surface area (Å²) in [5, 5.41) is 3.36. The molecule has 0 aliphatic carbocycles. The molecule has 0 N–H and O–H groups in total. The zero-order valence-corrected chi connectivity index (χ0v) is 6.70. The Kier molecular flexibility index (Phi) is 1.58. The molecule has 1 amide bonds. The average molecular weight is 158 g/mol. The van der Waals surface area contributed by atoms with Gasteiger partial charge >= 0.3 is 6.09 Å². The van der Waals surface area contributed by atoms with E-state index in [1.165, 1.54) is 0 Å². The molecule has 1 atom stereocenters. The Bertz CT molecular complexity index is 202. The van der Waals surface area contributed by atoms with Gasteiger partial charge in [0.05, 0.1) is 11.3 Å². The molecule has 1 saturated heterocycles. The molecule has 5 heteroatoms. The van der Waals surface area contributed by atoms with Crippen molar-refractivity contribution in [2.24, 2.45) is 5.29 Å². The fourth-order valence-electron chi connectivity index (χ4n) is 0.914. The number of carbonyl (C=O) groups is 1. The van der Waals surface area contributed by atoms with Gasteiger partial charge in [-0.05, 0) is 20.8 Å². The highest BCUT2D eigenvalue weighted by Crippen LogP contribution is 2.28. The molecule has 1 unspecified atom stereocenters. The first-order valence-corrected chi connectivity index (χ1v) is 3.34. The van der Waals surface area contributed by atoms with Crippen LogP contribution in [0.4, 0.5) is 4.79 Å². The number of nitroso groups, excluding NO2 is 1. The predicted octanol–water partition coefficient (Wildman–Crippen LogP) is 1.29. The lowest BCUT2D eigenvalue weighted by molar-refractivity contribution is 0.0715. The van der Waals surface area contributed by atoms with E-state index in [-0.39, 0.29) is 6.04 Å². The second kappa shape index (κ2) is 2.18. The topological polar surface area (TPSA) is 59.0 Å². The largest absolute Gasteiger partial charge is 0.440 e. The molecule has 1 aliphatic heterocycles. The molecule has 62 valence electrons. The van der Waals surface area contributed by atoms with Crippen molar-refractivity contribution in [1.82, 2.24) is 5.01 Å². The molecule has 0 radical (unpaired) electrons. The van der Waals surface area contributed by atoms with Crippen molar-refractivity contribution in [2.75, 3.05) is 0 Å². The maximum Gasteiger partial charge on any atom is 0.434 e. The van der Waals surface area contributed by atoms with Crippen LogP contribution < -0.4 is 0 Å². The SMILES string of the molecule is CC1N(N=O)C(=O)OC1(C)C. The third kappa shape index (κ3) is 1.06. The number of nitrogens with zero attached hydrogens (tertiary/aromatic N) is 2. The van der Waals surface area contributed by atoms with Crippen molar-refractivity contribution in [2.45, 2.75) is 32.4 Å². The van der Waals surface area contributed by atoms with E-state index in [1.807, 2.05) is 0 Å². The van der Waals surface area contributed by atoms with Crippen molar-refractivity contribution < 1.29 is 9.53 Å². The number of hydrogen-bond acceptors (Lipinski definition) is 4. The van der Waals surface area contributed by atoms with E-state index in [1.54, 1.807) is 20.8 Å². The lowest BCUT2D eigenvalue weighted by Gasteiger charge is -2.20. The van der Waals surface area contributed by atoms with Crippen LogP contribution in [-0.2, 0) is 4.74 Å². The molecular weight excluding hydrogens is 148 g/mol. The lowest BCUT2D eigenvalue weighted by atomic mass is 10.0. The van der Waals surface area contributed by atoms with Crippen LogP contribution in [0.1, 0.15) is 20.8 Å². The van der Waals surface area contributed by atoms with Crippen LogP contribution >= 0.6 is 0 Å². The molecular formula is C6H10N2O3. The molecule has 0 aromatic carbocycles. The molecule has 0 aromatic rings. The summed E-state index contributed by atoms with van der Waals surface area (Å²) < 4.78 is 4.86. The Morgan fingerprint density at radius 1 is 1.64 bits per heavy atom. The Hall–Kier alpha value is -1.13. The molecule has 0 spiro atoms. The molecule has 0 bridgehead atoms. The fraction of sp³-hybridized carbons (Fsp3) is 0.833. The monoisotopic (exact) mass is 158 g/mol. The number of ether oxygens (including phenoxy) is 1. The molecule has 0 aromatic heterocycles. The van der Waals surface area contributed by atoms with Gasteiger partial charge in [0, 0.05) is 0 Å². The second-order valence-corrected chi connectivity index (χ2v) is 3.07. The van der Waals surface area contributed by atoms with Gasteiger partial charge in [-0.1, -0.05) is 0 Å². The average Bonchev–Trinajstić information content (AvgIpc) is 2.04. The van der Waals surface area contributed by atoms with Gasteiger partial charge in [-0.15, -0.1) is 4.91 Å².